The minimum absolute atomic E-state index is 0.0575. The molecule has 7 nitrogen and oxygen atoms in total. The summed E-state index contributed by atoms with van der Waals surface area (Å²) in [7, 11) is 0. The van der Waals surface area contributed by atoms with Gasteiger partial charge in [0.15, 0.2) is 0 Å². The van der Waals surface area contributed by atoms with Gasteiger partial charge in [0, 0.05) is 6.54 Å². The van der Waals surface area contributed by atoms with Crippen LogP contribution in [0.2, 0.25) is 0 Å². The molecule has 0 bridgehead atoms. The van der Waals surface area contributed by atoms with Crippen molar-refractivity contribution in [3.8, 4) is 0 Å². The number of hydrogen-bond acceptors (Lipinski definition) is 5. The largest absolute Gasteiger partial charge is 0.377 e. The van der Waals surface area contributed by atoms with Crippen LogP contribution in [0.4, 0.5) is 0 Å². The van der Waals surface area contributed by atoms with E-state index in [1.165, 1.54) is 0 Å². The van der Waals surface area contributed by atoms with Crippen molar-refractivity contribution in [1.29, 1.82) is 0 Å². The molecule has 1 atom stereocenters. The van der Waals surface area contributed by atoms with E-state index in [9.17, 15) is 4.79 Å². The molecule has 22 heavy (non-hydrogen) atoms. The van der Waals surface area contributed by atoms with Gasteiger partial charge in [-0.25, -0.2) is 0 Å². The van der Waals surface area contributed by atoms with E-state index in [0.29, 0.717) is 43.2 Å². The fourth-order valence-corrected chi connectivity index (χ4v) is 2.86. The molecule has 1 amide bonds. The third kappa shape index (κ3) is 2.41. The van der Waals surface area contributed by atoms with Crippen LogP contribution in [-0.4, -0.2) is 45.9 Å². The van der Waals surface area contributed by atoms with Crippen LogP contribution in [0, 0.1) is 13.8 Å². The molecule has 0 spiro atoms. The fourth-order valence-electron chi connectivity index (χ4n) is 2.86. The Morgan fingerprint density at radius 2 is 2.32 bits per heavy atom. The highest BCUT2D eigenvalue weighted by molar-refractivity contribution is 5.96. The monoisotopic (exact) mass is 304 g/mol. The maximum Gasteiger partial charge on any atom is 0.260 e. The van der Waals surface area contributed by atoms with Crippen molar-refractivity contribution >= 4 is 5.91 Å². The molecule has 118 valence electrons. The Labute approximate surface area is 128 Å². The number of nitrogens with one attached hydrogen (secondary N) is 1. The lowest BCUT2D eigenvalue weighted by Gasteiger charge is -2.35. The van der Waals surface area contributed by atoms with Gasteiger partial charge in [0.1, 0.15) is 11.3 Å². The van der Waals surface area contributed by atoms with E-state index in [-0.39, 0.29) is 11.9 Å². The zero-order valence-corrected chi connectivity index (χ0v) is 13.0. The Morgan fingerprint density at radius 3 is 3.00 bits per heavy atom. The van der Waals surface area contributed by atoms with Gasteiger partial charge in [0.2, 0.25) is 0 Å². The Hall–Kier alpha value is -2.15. The van der Waals surface area contributed by atoms with Crippen LogP contribution >= 0.6 is 0 Å². The average molecular weight is 304 g/mol. The van der Waals surface area contributed by atoms with Crippen LogP contribution in [0.5, 0.6) is 0 Å². The molecule has 7 heteroatoms. The molecule has 1 fully saturated rings. The van der Waals surface area contributed by atoms with Crippen LogP contribution in [0.25, 0.3) is 0 Å². The molecule has 3 rings (SSSR count). The van der Waals surface area contributed by atoms with Gasteiger partial charge in [0.05, 0.1) is 36.8 Å². The minimum Gasteiger partial charge on any atom is -0.377 e. The second-order valence-electron chi connectivity index (χ2n) is 5.47. The number of hydrogen-bond donors (Lipinski definition) is 1. The lowest BCUT2D eigenvalue weighted by molar-refractivity contribution is -0.00421. The maximum absolute atomic E-state index is 13.0. The molecule has 0 aromatic carbocycles. The minimum atomic E-state index is -0.164. The van der Waals surface area contributed by atoms with Crippen molar-refractivity contribution < 1.29 is 14.1 Å². The van der Waals surface area contributed by atoms with Gasteiger partial charge in [-0.3, -0.25) is 9.89 Å². The van der Waals surface area contributed by atoms with Gasteiger partial charge in [0.25, 0.3) is 5.91 Å². The number of aromatic amines is 1. The van der Waals surface area contributed by atoms with Crippen LogP contribution in [-0.2, 0) is 11.2 Å². The number of aryl methyl sites for hydroxylation is 3. The quantitative estimate of drug-likeness (QED) is 0.934. The number of rotatable bonds is 3. The highest BCUT2D eigenvalue weighted by Crippen LogP contribution is 2.28. The lowest BCUT2D eigenvalue weighted by Crippen LogP contribution is -2.44. The summed E-state index contributed by atoms with van der Waals surface area (Å²) in [4.78, 5) is 14.8. The summed E-state index contributed by atoms with van der Waals surface area (Å²) in [6.07, 6.45) is 2.42. The Morgan fingerprint density at radius 1 is 1.50 bits per heavy atom. The normalized spacial score (nSPS) is 18.7. The van der Waals surface area contributed by atoms with E-state index >= 15 is 0 Å². The van der Waals surface area contributed by atoms with Gasteiger partial charge >= 0.3 is 0 Å². The van der Waals surface area contributed by atoms with Gasteiger partial charge < -0.3 is 14.2 Å². The first-order valence-corrected chi connectivity index (χ1v) is 7.47. The van der Waals surface area contributed by atoms with Crippen molar-refractivity contribution in [2.45, 2.75) is 33.2 Å². The molecule has 0 saturated carbocycles. The van der Waals surface area contributed by atoms with Gasteiger partial charge in [-0.2, -0.15) is 5.10 Å². The van der Waals surface area contributed by atoms with E-state index in [1.54, 1.807) is 13.1 Å². The van der Waals surface area contributed by atoms with E-state index in [4.69, 9.17) is 9.26 Å². The van der Waals surface area contributed by atoms with E-state index in [1.807, 2.05) is 18.7 Å². The van der Waals surface area contributed by atoms with E-state index < -0.39 is 0 Å². The zero-order valence-electron chi connectivity index (χ0n) is 13.0. The van der Waals surface area contributed by atoms with Crippen molar-refractivity contribution in [3.63, 3.8) is 0 Å². The molecule has 1 aliphatic rings. The predicted molar refractivity (Wildman–Crippen MR) is 78.5 cm³/mol. The molecule has 3 heterocycles. The number of carbonyl (C=O) groups is 1. The Kier molecular flexibility index (Phi) is 3.98. The third-order valence-corrected chi connectivity index (χ3v) is 4.07. The van der Waals surface area contributed by atoms with Crippen LogP contribution < -0.4 is 0 Å². The molecule has 1 saturated heterocycles. The highest BCUT2D eigenvalue weighted by atomic mass is 16.5. The average Bonchev–Trinajstić information content (AvgIpc) is 3.12. The van der Waals surface area contributed by atoms with Crippen LogP contribution in [0.3, 0.4) is 0 Å². The second kappa shape index (κ2) is 5.92. The predicted octanol–water partition coefficient (Wildman–Crippen LogP) is 1.79. The van der Waals surface area contributed by atoms with Gasteiger partial charge in [-0.05, 0) is 25.8 Å². The topological polar surface area (TPSA) is 84.3 Å². The number of H-pyrrole nitrogens is 1. The molecule has 1 N–H and O–H groups in total. The SMILES string of the molecule is CCc1noc(C)c1C(=O)N1CCOC[C@@H]1c1[nH]ncc1C. The van der Waals surface area contributed by atoms with Crippen molar-refractivity contribution in [3.05, 3.63) is 34.5 Å². The maximum atomic E-state index is 13.0. The smallest absolute Gasteiger partial charge is 0.260 e. The first kappa shape index (κ1) is 14.8. The summed E-state index contributed by atoms with van der Waals surface area (Å²) in [6.45, 7) is 7.23. The number of amides is 1. The summed E-state index contributed by atoms with van der Waals surface area (Å²) in [5.41, 5.74) is 3.21. The summed E-state index contributed by atoms with van der Waals surface area (Å²) in [5, 5.41) is 11.0. The Balaban J connectivity index is 1.95. The van der Waals surface area contributed by atoms with Gasteiger partial charge in [-0.1, -0.05) is 12.1 Å². The number of morpholine rings is 1. The molecular formula is C15H20N4O3. The Bertz CT molecular complexity index is 676. The molecule has 2 aromatic rings. The molecule has 0 aliphatic carbocycles. The molecule has 2 aromatic heterocycles. The summed E-state index contributed by atoms with van der Waals surface area (Å²) in [5.74, 6) is 0.506. The molecule has 0 unspecified atom stereocenters. The van der Waals surface area contributed by atoms with Crippen LogP contribution in [0.1, 0.15) is 46.0 Å². The molecular weight excluding hydrogens is 284 g/mol. The number of carbonyl (C=O) groups excluding carboxylic acids is 1. The third-order valence-electron chi connectivity index (χ3n) is 4.07. The number of nitrogens with zero attached hydrogens (tertiary/aromatic N) is 3. The van der Waals surface area contributed by atoms with Crippen molar-refractivity contribution in [2.75, 3.05) is 19.8 Å². The molecule has 1 aliphatic heterocycles. The first-order valence-electron chi connectivity index (χ1n) is 7.47. The number of ether oxygens (including phenoxy) is 1. The van der Waals surface area contributed by atoms with Crippen LogP contribution in [0.15, 0.2) is 10.7 Å². The summed E-state index contributed by atoms with van der Waals surface area (Å²) in [6, 6.07) is -0.164. The highest BCUT2D eigenvalue weighted by Gasteiger charge is 2.34. The summed E-state index contributed by atoms with van der Waals surface area (Å²) < 4.78 is 10.8. The first-order chi connectivity index (χ1) is 10.6. The lowest BCUT2D eigenvalue weighted by atomic mass is 10.0. The van der Waals surface area contributed by atoms with Crippen molar-refractivity contribution in [2.24, 2.45) is 0 Å². The fraction of sp³-hybridized carbons (Fsp3) is 0.533. The summed E-state index contributed by atoms with van der Waals surface area (Å²) >= 11 is 0. The second-order valence-corrected chi connectivity index (χ2v) is 5.47. The van der Waals surface area contributed by atoms with E-state index in [2.05, 4.69) is 15.4 Å². The van der Waals surface area contributed by atoms with Crippen molar-refractivity contribution in [1.82, 2.24) is 20.3 Å². The van der Waals surface area contributed by atoms with E-state index in [0.717, 1.165) is 11.3 Å². The molecule has 0 radical (unpaired) electrons. The van der Waals surface area contributed by atoms with Gasteiger partial charge in [-0.15, -0.1) is 0 Å². The number of aromatic nitrogens is 3. The standard InChI is InChI=1S/C15H20N4O3/c1-4-11-13(10(3)22-18-11)15(20)19-5-6-21-8-12(19)14-9(2)7-16-17-14/h7,12H,4-6,8H2,1-3H3,(H,16,17)/t12-/m1/s1. The zero-order chi connectivity index (χ0) is 15.7.